The van der Waals surface area contributed by atoms with Gasteiger partial charge in [0.05, 0.1) is 6.61 Å². The molecule has 2 rings (SSSR count). The van der Waals surface area contributed by atoms with Crippen molar-refractivity contribution in [2.45, 2.75) is 19.9 Å². The summed E-state index contributed by atoms with van der Waals surface area (Å²) in [7, 11) is 1.92. The van der Waals surface area contributed by atoms with E-state index < -0.39 is 0 Å². The smallest absolute Gasteiger partial charge is 0.131 e. The van der Waals surface area contributed by atoms with Crippen molar-refractivity contribution in [2.75, 3.05) is 13.7 Å². The Morgan fingerprint density at radius 1 is 1.05 bits per heavy atom. The molecule has 0 aliphatic carbocycles. The normalized spacial score (nSPS) is 10.4. The van der Waals surface area contributed by atoms with Gasteiger partial charge in [0, 0.05) is 16.6 Å². The first-order valence-corrected chi connectivity index (χ1v) is 7.86. The molecule has 0 aliphatic heterocycles. The molecule has 21 heavy (non-hydrogen) atoms. The highest BCUT2D eigenvalue weighted by Gasteiger charge is 2.05. The average molecular weight is 350 g/mol. The van der Waals surface area contributed by atoms with Gasteiger partial charge in [0.25, 0.3) is 0 Å². The minimum atomic E-state index is 0.735. The summed E-state index contributed by atoms with van der Waals surface area (Å²) in [5, 5.41) is 3.15. The van der Waals surface area contributed by atoms with Gasteiger partial charge in [-0.05, 0) is 55.9 Å². The SMILES string of the molecule is CCCOc1ccc(Oc2ccc(Br)cc2CNC)cc1. The minimum Gasteiger partial charge on any atom is -0.494 e. The highest BCUT2D eigenvalue weighted by atomic mass is 79.9. The van der Waals surface area contributed by atoms with E-state index in [0.717, 1.165) is 46.9 Å². The first-order valence-electron chi connectivity index (χ1n) is 7.06. The van der Waals surface area contributed by atoms with Crippen LogP contribution in [0.2, 0.25) is 0 Å². The van der Waals surface area contributed by atoms with E-state index in [-0.39, 0.29) is 0 Å². The quantitative estimate of drug-likeness (QED) is 0.782. The summed E-state index contributed by atoms with van der Waals surface area (Å²) in [6.07, 6.45) is 1.00. The molecular weight excluding hydrogens is 330 g/mol. The highest BCUT2D eigenvalue weighted by Crippen LogP contribution is 2.29. The molecule has 3 nitrogen and oxygen atoms in total. The second-order valence-corrected chi connectivity index (χ2v) is 5.62. The lowest BCUT2D eigenvalue weighted by Crippen LogP contribution is -2.06. The third-order valence-corrected chi connectivity index (χ3v) is 3.41. The number of benzene rings is 2. The van der Waals surface area contributed by atoms with Crippen LogP contribution in [0.25, 0.3) is 0 Å². The summed E-state index contributed by atoms with van der Waals surface area (Å²) >= 11 is 3.49. The maximum atomic E-state index is 5.96. The molecule has 1 N–H and O–H groups in total. The van der Waals surface area contributed by atoms with Gasteiger partial charge in [0.15, 0.2) is 0 Å². The van der Waals surface area contributed by atoms with Gasteiger partial charge in [0.2, 0.25) is 0 Å². The zero-order chi connectivity index (χ0) is 15.1. The molecule has 0 atom stereocenters. The first-order chi connectivity index (χ1) is 10.2. The summed E-state index contributed by atoms with van der Waals surface area (Å²) in [6, 6.07) is 13.7. The van der Waals surface area contributed by atoms with Crippen molar-refractivity contribution in [1.29, 1.82) is 0 Å². The number of nitrogens with one attached hydrogen (secondary N) is 1. The molecule has 0 amide bonds. The van der Waals surface area contributed by atoms with Crippen LogP contribution in [0.15, 0.2) is 46.9 Å². The standard InChI is InChI=1S/C17H20BrNO2/c1-3-10-20-15-5-7-16(8-6-15)21-17-9-4-14(18)11-13(17)12-19-2/h4-9,11,19H,3,10,12H2,1-2H3. The molecule has 112 valence electrons. The Morgan fingerprint density at radius 3 is 2.43 bits per heavy atom. The summed E-state index contributed by atoms with van der Waals surface area (Å²) in [5.74, 6) is 2.53. The number of ether oxygens (including phenoxy) is 2. The van der Waals surface area contributed by atoms with Crippen LogP contribution in [0.5, 0.6) is 17.2 Å². The predicted octanol–water partition coefficient (Wildman–Crippen LogP) is 4.75. The number of hydrogen-bond acceptors (Lipinski definition) is 3. The topological polar surface area (TPSA) is 30.5 Å². The Kier molecular flexibility index (Phi) is 6.08. The van der Waals surface area contributed by atoms with Crippen LogP contribution in [0.3, 0.4) is 0 Å². The van der Waals surface area contributed by atoms with Crippen molar-refractivity contribution in [2.24, 2.45) is 0 Å². The molecule has 0 radical (unpaired) electrons. The second-order valence-electron chi connectivity index (χ2n) is 4.70. The van der Waals surface area contributed by atoms with Crippen LogP contribution in [0.1, 0.15) is 18.9 Å². The summed E-state index contributed by atoms with van der Waals surface area (Å²) in [6.45, 7) is 3.58. The van der Waals surface area contributed by atoms with Crippen LogP contribution >= 0.6 is 15.9 Å². The summed E-state index contributed by atoms with van der Waals surface area (Å²) in [4.78, 5) is 0. The summed E-state index contributed by atoms with van der Waals surface area (Å²) < 4.78 is 12.6. The van der Waals surface area contributed by atoms with Gasteiger partial charge in [-0.15, -0.1) is 0 Å². The number of hydrogen-bond donors (Lipinski definition) is 1. The molecular formula is C17H20BrNO2. The van der Waals surface area contributed by atoms with Gasteiger partial charge >= 0.3 is 0 Å². The molecule has 0 bridgehead atoms. The van der Waals surface area contributed by atoms with Gasteiger partial charge in [-0.3, -0.25) is 0 Å². The van der Waals surface area contributed by atoms with Crippen molar-refractivity contribution in [3.8, 4) is 17.2 Å². The lowest BCUT2D eigenvalue weighted by molar-refractivity contribution is 0.317. The Labute approximate surface area is 134 Å². The van der Waals surface area contributed by atoms with Gasteiger partial charge in [-0.25, -0.2) is 0 Å². The Morgan fingerprint density at radius 2 is 1.76 bits per heavy atom. The Balaban J connectivity index is 2.10. The molecule has 0 aromatic heterocycles. The molecule has 0 spiro atoms. The van der Waals surface area contributed by atoms with E-state index in [0.29, 0.717) is 0 Å². The van der Waals surface area contributed by atoms with E-state index in [9.17, 15) is 0 Å². The average Bonchev–Trinajstić information content (AvgIpc) is 2.49. The third-order valence-electron chi connectivity index (χ3n) is 2.91. The van der Waals surface area contributed by atoms with Crippen LogP contribution < -0.4 is 14.8 Å². The van der Waals surface area contributed by atoms with E-state index in [1.165, 1.54) is 0 Å². The maximum Gasteiger partial charge on any atom is 0.131 e. The number of rotatable bonds is 7. The zero-order valence-electron chi connectivity index (χ0n) is 12.4. The van der Waals surface area contributed by atoms with E-state index >= 15 is 0 Å². The van der Waals surface area contributed by atoms with E-state index in [1.54, 1.807) is 0 Å². The van der Waals surface area contributed by atoms with E-state index in [4.69, 9.17) is 9.47 Å². The van der Waals surface area contributed by atoms with Crippen molar-refractivity contribution in [3.05, 3.63) is 52.5 Å². The van der Waals surface area contributed by atoms with Crippen LogP contribution in [0.4, 0.5) is 0 Å². The largest absolute Gasteiger partial charge is 0.494 e. The monoisotopic (exact) mass is 349 g/mol. The Hall–Kier alpha value is -1.52. The maximum absolute atomic E-state index is 5.96. The van der Waals surface area contributed by atoms with Crippen molar-refractivity contribution in [1.82, 2.24) is 5.32 Å². The van der Waals surface area contributed by atoms with Crippen molar-refractivity contribution in [3.63, 3.8) is 0 Å². The first kappa shape index (κ1) is 15.9. The van der Waals surface area contributed by atoms with Crippen LogP contribution in [0, 0.1) is 0 Å². The van der Waals surface area contributed by atoms with Gasteiger partial charge < -0.3 is 14.8 Å². The molecule has 2 aromatic carbocycles. The van der Waals surface area contributed by atoms with Crippen LogP contribution in [-0.4, -0.2) is 13.7 Å². The molecule has 4 heteroatoms. The zero-order valence-corrected chi connectivity index (χ0v) is 13.9. The molecule has 0 aliphatic rings. The van der Waals surface area contributed by atoms with E-state index in [1.807, 2.05) is 43.4 Å². The van der Waals surface area contributed by atoms with Crippen molar-refractivity contribution >= 4 is 15.9 Å². The molecule has 0 saturated heterocycles. The Bertz CT molecular complexity index is 570. The van der Waals surface area contributed by atoms with E-state index in [2.05, 4.69) is 34.2 Å². The molecule has 0 fully saturated rings. The fourth-order valence-electron chi connectivity index (χ4n) is 1.93. The second kappa shape index (κ2) is 8.05. The minimum absolute atomic E-state index is 0.735. The lowest BCUT2D eigenvalue weighted by atomic mass is 10.2. The fourth-order valence-corrected chi connectivity index (χ4v) is 2.34. The molecule has 0 unspecified atom stereocenters. The van der Waals surface area contributed by atoms with Gasteiger partial charge in [-0.2, -0.15) is 0 Å². The lowest BCUT2D eigenvalue weighted by Gasteiger charge is -2.12. The molecule has 0 heterocycles. The van der Waals surface area contributed by atoms with Crippen molar-refractivity contribution < 1.29 is 9.47 Å². The highest BCUT2D eigenvalue weighted by molar-refractivity contribution is 9.10. The summed E-state index contributed by atoms with van der Waals surface area (Å²) in [5.41, 5.74) is 1.11. The molecule has 2 aromatic rings. The van der Waals surface area contributed by atoms with Gasteiger partial charge in [0.1, 0.15) is 17.2 Å². The predicted molar refractivity (Wildman–Crippen MR) is 89.2 cm³/mol. The molecule has 0 saturated carbocycles. The fraction of sp³-hybridized carbons (Fsp3) is 0.294. The number of halogens is 1. The van der Waals surface area contributed by atoms with Crippen LogP contribution in [-0.2, 0) is 6.54 Å². The third kappa shape index (κ3) is 4.76. The van der Waals surface area contributed by atoms with Gasteiger partial charge in [-0.1, -0.05) is 22.9 Å².